The van der Waals surface area contributed by atoms with Gasteiger partial charge in [-0.2, -0.15) is 0 Å². The molecule has 0 aliphatic carbocycles. The first-order chi connectivity index (χ1) is 11.1. The first-order valence-corrected chi connectivity index (χ1v) is 9.35. The minimum Gasteiger partial charge on any atom is -0.353 e. The second-order valence-corrected chi connectivity index (χ2v) is 7.85. The summed E-state index contributed by atoms with van der Waals surface area (Å²) in [5.41, 5.74) is 1.76. The molecule has 6 nitrogen and oxygen atoms in total. The van der Waals surface area contributed by atoms with Crippen molar-refractivity contribution >= 4 is 15.8 Å². The van der Waals surface area contributed by atoms with Crippen LogP contribution in [0.25, 0.3) is 0 Å². The van der Waals surface area contributed by atoms with E-state index < -0.39 is 10.0 Å². The molecule has 1 atom stereocenters. The van der Waals surface area contributed by atoms with Gasteiger partial charge in [-0.1, -0.05) is 26.0 Å². The zero-order valence-electron chi connectivity index (χ0n) is 14.7. The van der Waals surface area contributed by atoms with E-state index in [1.54, 1.807) is 12.1 Å². The second kappa shape index (κ2) is 6.86. The summed E-state index contributed by atoms with van der Waals surface area (Å²) in [5.74, 6) is 1.83. The largest absolute Gasteiger partial charge is 0.353 e. The summed E-state index contributed by atoms with van der Waals surface area (Å²) in [7, 11) is -1.79. The Morgan fingerprint density at radius 2 is 1.79 bits per heavy atom. The van der Waals surface area contributed by atoms with Crippen LogP contribution >= 0.6 is 0 Å². The Labute approximate surface area is 143 Å². The monoisotopic (exact) mass is 348 g/mol. The lowest BCUT2D eigenvalue weighted by atomic mass is 10.1. The molecule has 2 N–H and O–H groups in total. The van der Waals surface area contributed by atoms with Crippen LogP contribution in [0.3, 0.4) is 0 Å². The van der Waals surface area contributed by atoms with Gasteiger partial charge in [-0.15, -0.1) is 0 Å². The summed E-state index contributed by atoms with van der Waals surface area (Å²) < 4.78 is 23.1. The third-order valence-electron chi connectivity index (χ3n) is 3.99. The number of aromatic nitrogens is 2. The lowest BCUT2D eigenvalue weighted by molar-refractivity contribution is 0.597. The summed E-state index contributed by atoms with van der Waals surface area (Å²) in [6.07, 6.45) is 0. The van der Waals surface area contributed by atoms with Gasteiger partial charge in [0.05, 0.1) is 10.9 Å². The van der Waals surface area contributed by atoms with E-state index in [4.69, 9.17) is 5.14 Å². The van der Waals surface area contributed by atoms with Crippen LogP contribution in [0.4, 0.5) is 5.82 Å². The molecule has 2 rings (SSSR count). The predicted octanol–water partition coefficient (Wildman–Crippen LogP) is 2.75. The van der Waals surface area contributed by atoms with E-state index >= 15 is 0 Å². The van der Waals surface area contributed by atoms with E-state index in [2.05, 4.69) is 23.8 Å². The summed E-state index contributed by atoms with van der Waals surface area (Å²) in [5, 5.41) is 5.22. The van der Waals surface area contributed by atoms with Gasteiger partial charge in [0.2, 0.25) is 10.0 Å². The molecule has 0 bridgehead atoms. The highest BCUT2D eigenvalue weighted by Gasteiger charge is 2.18. The van der Waals surface area contributed by atoms with Crippen LogP contribution < -0.4 is 10.0 Å². The van der Waals surface area contributed by atoms with Crippen LogP contribution in [-0.4, -0.2) is 25.4 Å². The van der Waals surface area contributed by atoms with Crippen LogP contribution in [-0.2, 0) is 10.0 Å². The molecule has 1 aromatic carbocycles. The summed E-state index contributed by atoms with van der Waals surface area (Å²) in [4.78, 5) is 11.2. The number of aryl methyl sites for hydroxylation is 1. The van der Waals surface area contributed by atoms with Gasteiger partial charge in [-0.05, 0) is 31.5 Å². The fraction of sp³-hybridized carbons (Fsp3) is 0.412. The molecule has 0 fully saturated rings. The van der Waals surface area contributed by atoms with Crippen LogP contribution in [0.15, 0.2) is 35.2 Å². The molecule has 0 amide bonds. The number of nitrogens with two attached hydrogens (primary N) is 1. The average Bonchev–Trinajstić information content (AvgIpc) is 2.52. The smallest absolute Gasteiger partial charge is 0.238 e. The molecule has 1 unspecified atom stereocenters. The molecule has 0 aliphatic heterocycles. The number of hydrogen-bond acceptors (Lipinski definition) is 5. The molecular weight excluding hydrogens is 324 g/mol. The van der Waals surface area contributed by atoms with Crippen LogP contribution in [0.2, 0.25) is 0 Å². The Hall–Kier alpha value is -1.99. The third kappa shape index (κ3) is 4.10. The molecule has 0 saturated heterocycles. The Balaban J connectivity index is 2.38. The summed E-state index contributed by atoms with van der Waals surface area (Å²) in [6.45, 7) is 8.04. The van der Waals surface area contributed by atoms with E-state index in [0.29, 0.717) is 0 Å². The topological polar surface area (TPSA) is 89.2 Å². The fourth-order valence-corrected chi connectivity index (χ4v) is 2.96. The SMILES string of the molecule is Cc1cc(N(C)C(C)c2cccc(S(N)(=O)=O)c2)nc(C(C)C)n1. The van der Waals surface area contributed by atoms with Crippen molar-refractivity contribution < 1.29 is 8.42 Å². The molecule has 0 aliphatic rings. The molecule has 2 aromatic rings. The van der Waals surface area contributed by atoms with Gasteiger partial charge < -0.3 is 4.90 Å². The van der Waals surface area contributed by atoms with Gasteiger partial charge in [-0.25, -0.2) is 23.5 Å². The maximum absolute atomic E-state index is 11.6. The average molecular weight is 348 g/mol. The highest BCUT2D eigenvalue weighted by molar-refractivity contribution is 7.89. The minimum absolute atomic E-state index is 0.0685. The zero-order chi connectivity index (χ0) is 18.1. The van der Waals surface area contributed by atoms with E-state index in [1.165, 1.54) is 6.07 Å². The Bertz CT molecular complexity index is 834. The van der Waals surface area contributed by atoms with Crippen molar-refractivity contribution in [3.63, 3.8) is 0 Å². The van der Waals surface area contributed by atoms with Crippen LogP contribution in [0.1, 0.15) is 49.8 Å². The lowest BCUT2D eigenvalue weighted by Crippen LogP contribution is -2.24. The molecule has 24 heavy (non-hydrogen) atoms. The highest BCUT2D eigenvalue weighted by atomic mass is 32.2. The molecule has 1 heterocycles. The van der Waals surface area contributed by atoms with Crippen molar-refractivity contribution in [2.45, 2.75) is 44.6 Å². The zero-order valence-corrected chi connectivity index (χ0v) is 15.5. The second-order valence-electron chi connectivity index (χ2n) is 6.28. The van der Waals surface area contributed by atoms with E-state index in [0.717, 1.165) is 22.9 Å². The minimum atomic E-state index is -3.72. The van der Waals surface area contributed by atoms with E-state index in [1.807, 2.05) is 37.9 Å². The number of benzene rings is 1. The number of sulfonamides is 1. The van der Waals surface area contributed by atoms with E-state index in [9.17, 15) is 8.42 Å². The van der Waals surface area contributed by atoms with Gasteiger partial charge in [0.1, 0.15) is 11.6 Å². The molecule has 7 heteroatoms. The number of primary sulfonamides is 1. The molecule has 130 valence electrons. The first kappa shape index (κ1) is 18.4. The predicted molar refractivity (Wildman–Crippen MR) is 95.5 cm³/mol. The molecule has 0 saturated carbocycles. The number of hydrogen-bond donors (Lipinski definition) is 1. The Morgan fingerprint density at radius 1 is 1.12 bits per heavy atom. The van der Waals surface area contributed by atoms with Gasteiger partial charge in [0, 0.05) is 24.7 Å². The molecule has 0 radical (unpaired) electrons. The standard InChI is InChI=1S/C17H24N4O2S/c1-11(2)17-19-12(3)9-16(20-17)21(5)13(4)14-7-6-8-15(10-14)24(18,22)23/h6-11,13H,1-5H3,(H2,18,22,23). The van der Waals surface area contributed by atoms with Gasteiger partial charge >= 0.3 is 0 Å². The molecule has 1 aromatic heterocycles. The van der Waals surface area contributed by atoms with Crippen molar-refractivity contribution in [2.24, 2.45) is 5.14 Å². The fourth-order valence-electron chi connectivity index (χ4n) is 2.39. The highest BCUT2D eigenvalue weighted by Crippen LogP contribution is 2.26. The van der Waals surface area contributed by atoms with Crippen molar-refractivity contribution in [3.8, 4) is 0 Å². The number of rotatable bonds is 5. The Kier molecular flexibility index (Phi) is 5.25. The van der Waals surface area contributed by atoms with Crippen LogP contribution in [0.5, 0.6) is 0 Å². The Morgan fingerprint density at radius 3 is 2.38 bits per heavy atom. The normalized spacial score (nSPS) is 13.1. The number of anilines is 1. The first-order valence-electron chi connectivity index (χ1n) is 7.80. The maximum atomic E-state index is 11.6. The van der Waals surface area contributed by atoms with Crippen molar-refractivity contribution in [3.05, 3.63) is 47.4 Å². The summed E-state index contributed by atoms with van der Waals surface area (Å²) in [6, 6.07) is 8.54. The lowest BCUT2D eigenvalue weighted by Gasteiger charge is -2.27. The van der Waals surface area contributed by atoms with Gasteiger partial charge in [0.25, 0.3) is 0 Å². The van der Waals surface area contributed by atoms with Crippen molar-refractivity contribution in [1.82, 2.24) is 9.97 Å². The van der Waals surface area contributed by atoms with Crippen LogP contribution in [0, 0.1) is 6.92 Å². The molecule has 0 spiro atoms. The van der Waals surface area contributed by atoms with E-state index in [-0.39, 0.29) is 16.9 Å². The van der Waals surface area contributed by atoms with Crippen molar-refractivity contribution in [1.29, 1.82) is 0 Å². The maximum Gasteiger partial charge on any atom is 0.238 e. The van der Waals surface area contributed by atoms with Gasteiger partial charge in [-0.3, -0.25) is 0 Å². The summed E-state index contributed by atoms with van der Waals surface area (Å²) >= 11 is 0. The quantitative estimate of drug-likeness (QED) is 0.897. The van der Waals surface area contributed by atoms with Crippen molar-refractivity contribution in [2.75, 3.05) is 11.9 Å². The van der Waals surface area contributed by atoms with Gasteiger partial charge in [0.15, 0.2) is 0 Å². The number of nitrogens with zero attached hydrogens (tertiary/aromatic N) is 3. The third-order valence-corrected chi connectivity index (χ3v) is 4.90. The molecular formula is C17H24N4O2S.